The molecule has 0 aliphatic heterocycles. The highest BCUT2D eigenvalue weighted by Gasteiger charge is 2.17. The number of para-hydroxylation sites is 2. The standard InChI is InChI=1S/C18H16N2O2/c1-2-22-18(21)14(12-13-8-4-3-5-9-13)17-19-15-10-6-7-11-16(15)20-17/h3-12H,2H2,1H3,(H,19,20)/b14-12-. The monoisotopic (exact) mass is 292 g/mol. The third-order valence-corrected chi connectivity index (χ3v) is 3.25. The number of esters is 1. The van der Waals surface area contributed by atoms with E-state index < -0.39 is 0 Å². The van der Waals surface area contributed by atoms with Gasteiger partial charge < -0.3 is 9.72 Å². The number of fused-ring (bicyclic) bond motifs is 1. The molecule has 0 aliphatic carbocycles. The van der Waals surface area contributed by atoms with E-state index in [1.165, 1.54) is 0 Å². The van der Waals surface area contributed by atoms with Gasteiger partial charge in [-0.2, -0.15) is 0 Å². The first-order valence-corrected chi connectivity index (χ1v) is 7.17. The summed E-state index contributed by atoms with van der Waals surface area (Å²) in [6.07, 6.45) is 1.79. The summed E-state index contributed by atoms with van der Waals surface area (Å²) in [5.41, 5.74) is 3.05. The van der Waals surface area contributed by atoms with Crippen LogP contribution >= 0.6 is 0 Å². The van der Waals surface area contributed by atoms with Gasteiger partial charge in [0.2, 0.25) is 0 Å². The SMILES string of the molecule is CCOC(=O)/C(=C\c1ccccc1)c1nc2ccccc2[nH]1. The Labute approximate surface area is 128 Å². The third-order valence-electron chi connectivity index (χ3n) is 3.25. The number of benzene rings is 2. The number of ether oxygens (including phenoxy) is 1. The van der Waals surface area contributed by atoms with E-state index in [0.29, 0.717) is 18.0 Å². The van der Waals surface area contributed by atoms with E-state index in [1.54, 1.807) is 13.0 Å². The summed E-state index contributed by atoms with van der Waals surface area (Å²) in [6.45, 7) is 2.11. The molecular weight excluding hydrogens is 276 g/mol. The highest BCUT2D eigenvalue weighted by Crippen LogP contribution is 2.20. The van der Waals surface area contributed by atoms with Gasteiger partial charge in [-0.05, 0) is 30.7 Å². The molecule has 0 radical (unpaired) electrons. The van der Waals surface area contributed by atoms with Crippen molar-refractivity contribution in [2.24, 2.45) is 0 Å². The molecule has 0 saturated carbocycles. The lowest BCUT2D eigenvalue weighted by Gasteiger charge is -2.04. The summed E-state index contributed by atoms with van der Waals surface area (Å²) in [5, 5.41) is 0. The highest BCUT2D eigenvalue weighted by atomic mass is 16.5. The van der Waals surface area contributed by atoms with Crippen LogP contribution in [0.4, 0.5) is 0 Å². The number of carbonyl (C=O) groups excluding carboxylic acids is 1. The normalized spacial score (nSPS) is 11.6. The molecule has 1 heterocycles. The number of nitrogens with zero attached hydrogens (tertiary/aromatic N) is 1. The molecule has 4 heteroatoms. The summed E-state index contributed by atoms with van der Waals surface area (Å²) < 4.78 is 5.16. The number of hydrogen-bond donors (Lipinski definition) is 1. The first kappa shape index (κ1) is 14.1. The van der Waals surface area contributed by atoms with Crippen molar-refractivity contribution in [2.75, 3.05) is 6.61 Å². The second kappa shape index (κ2) is 6.26. The Morgan fingerprint density at radius 3 is 2.59 bits per heavy atom. The van der Waals surface area contributed by atoms with Crippen LogP contribution < -0.4 is 0 Å². The van der Waals surface area contributed by atoms with Gasteiger partial charge in [0.1, 0.15) is 11.4 Å². The van der Waals surface area contributed by atoms with Crippen LogP contribution in [0.25, 0.3) is 22.7 Å². The van der Waals surface area contributed by atoms with E-state index in [1.807, 2.05) is 54.6 Å². The Balaban J connectivity index is 2.08. The fourth-order valence-corrected chi connectivity index (χ4v) is 2.23. The Morgan fingerprint density at radius 2 is 1.86 bits per heavy atom. The number of H-pyrrole nitrogens is 1. The van der Waals surface area contributed by atoms with Crippen LogP contribution in [0.15, 0.2) is 54.6 Å². The van der Waals surface area contributed by atoms with Gasteiger partial charge in [-0.25, -0.2) is 9.78 Å². The predicted octanol–water partition coefficient (Wildman–Crippen LogP) is 3.67. The molecule has 0 fully saturated rings. The molecule has 22 heavy (non-hydrogen) atoms. The average molecular weight is 292 g/mol. The Kier molecular flexibility index (Phi) is 4.01. The second-order valence-electron chi connectivity index (χ2n) is 4.79. The molecule has 1 N–H and O–H groups in total. The van der Waals surface area contributed by atoms with Crippen molar-refractivity contribution in [2.45, 2.75) is 6.92 Å². The maximum Gasteiger partial charge on any atom is 0.341 e. The number of aromatic amines is 1. The van der Waals surface area contributed by atoms with Crippen LogP contribution in [-0.4, -0.2) is 22.5 Å². The molecule has 0 spiro atoms. The van der Waals surface area contributed by atoms with Crippen molar-refractivity contribution in [1.82, 2.24) is 9.97 Å². The summed E-state index contributed by atoms with van der Waals surface area (Å²) in [4.78, 5) is 19.9. The molecule has 0 bridgehead atoms. The van der Waals surface area contributed by atoms with Gasteiger partial charge in [-0.15, -0.1) is 0 Å². The first-order chi connectivity index (χ1) is 10.8. The highest BCUT2D eigenvalue weighted by molar-refractivity contribution is 6.20. The van der Waals surface area contributed by atoms with Crippen molar-refractivity contribution in [3.05, 3.63) is 66.0 Å². The molecule has 0 saturated heterocycles. The number of rotatable bonds is 4. The molecule has 4 nitrogen and oxygen atoms in total. The van der Waals surface area contributed by atoms with Crippen molar-refractivity contribution >= 4 is 28.7 Å². The first-order valence-electron chi connectivity index (χ1n) is 7.17. The molecule has 110 valence electrons. The molecule has 0 aliphatic rings. The summed E-state index contributed by atoms with van der Waals surface area (Å²) in [5.74, 6) is 0.133. The zero-order valence-electron chi connectivity index (χ0n) is 12.2. The zero-order chi connectivity index (χ0) is 15.4. The van der Waals surface area contributed by atoms with Gasteiger partial charge in [0.05, 0.1) is 17.6 Å². The second-order valence-corrected chi connectivity index (χ2v) is 4.79. The Morgan fingerprint density at radius 1 is 1.14 bits per heavy atom. The average Bonchev–Trinajstić information content (AvgIpc) is 2.97. The topological polar surface area (TPSA) is 55.0 Å². The van der Waals surface area contributed by atoms with Gasteiger partial charge in [-0.1, -0.05) is 42.5 Å². The van der Waals surface area contributed by atoms with Gasteiger partial charge in [0.25, 0.3) is 0 Å². The summed E-state index contributed by atoms with van der Waals surface area (Å²) in [6, 6.07) is 17.3. The van der Waals surface area contributed by atoms with E-state index in [0.717, 1.165) is 16.6 Å². The molecule has 0 atom stereocenters. The molecule has 2 aromatic carbocycles. The lowest BCUT2D eigenvalue weighted by Crippen LogP contribution is -2.08. The van der Waals surface area contributed by atoms with E-state index in [-0.39, 0.29) is 5.97 Å². The number of carbonyl (C=O) groups is 1. The van der Waals surface area contributed by atoms with Gasteiger partial charge in [-0.3, -0.25) is 0 Å². The van der Waals surface area contributed by atoms with Crippen molar-refractivity contribution in [1.29, 1.82) is 0 Å². The van der Waals surface area contributed by atoms with Crippen LogP contribution in [0.3, 0.4) is 0 Å². The van der Waals surface area contributed by atoms with E-state index in [4.69, 9.17) is 4.74 Å². The Hall–Kier alpha value is -2.88. The minimum atomic E-state index is -0.384. The molecular formula is C18H16N2O2. The number of nitrogens with one attached hydrogen (secondary N) is 1. The smallest absolute Gasteiger partial charge is 0.341 e. The van der Waals surface area contributed by atoms with E-state index in [2.05, 4.69) is 9.97 Å². The Bertz CT molecular complexity index is 786. The molecule has 0 unspecified atom stereocenters. The quantitative estimate of drug-likeness (QED) is 0.589. The maximum absolute atomic E-state index is 12.3. The molecule has 3 aromatic rings. The van der Waals surface area contributed by atoms with Gasteiger partial charge in [0, 0.05) is 0 Å². The lowest BCUT2D eigenvalue weighted by molar-refractivity contribution is -0.136. The summed E-state index contributed by atoms with van der Waals surface area (Å²) >= 11 is 0. The number of imidazole rings is 1. The van der Waals surface area contributed by atoms with Crippen LogP contribution in [0.5, 0.6) is 0 Å². The maximum atomic E-state index is 12.3. The van der Waals surface area contributed by atoms with Crippen LogP contribution in [0.1, 0.15) is 18.3 Å². The van der Waals surface area contributed by atoms with Crippen molar-refractivity contribution in [3.63, 3.8) is 0 Å². The van der Waals surface area contributed by atoms with Crippen LogP contribution in [0.2, 0.25) is 0 Å². The third kappa shape index (κ3) is 2.91. The van der Waals surface area contributed by atoms with Crippen LogP contribution in [-0.2, 0) is 9.53 Å². The molecule has 3 rings (SSSR count). The largest absolute Gasteiger partial charge is 0.462 e. The fourth-order valence-electron chi connectivity index (χ4n) is 2.23. The lowest BCUT2D eigenvalue weighted by atomic mass is 10.1. The minimum Gasteiger partial charge on any atom is -0.462 e. The molecule has 0 amide bonds. The van der Waals surface area contributed by atoms with Gasteiger partial charge in [0.15, 0.2) is 0 Å². The predicted molar refractivity (Wildman–Crippen MR) is 87.0 cm³/mol. The zero-order valence-corrected chi connectivity index (χ0v) is 12.2. The molecule has 1 aromatic heterocycles. The minimum absolute atomic E-state index is 0.325. The number of hydrogen-bond acceptors (Lipinski definition) is 3. The summed E-state index contributed by atoms with van der Waals surface area (Å²) in [7, 11) is 0. The van der Waals surface area contributed by atoms with Crippen molar-refractivity contribution in [3.8, 4) is 0 Å². The number of aromatic nitrogens is 2. The van der Waals surface area contributed by atoms with Gasteiger partial charge >= 0.3 is 5.97 Å². The van der Waals surface area contributed by atoms with Crippen LogP contribution in [0, 0.1) is 0 Å². The van der Waals surface area contributed by atoms with E-state index >= 15 is 0 Å². The van der Waals surface area contributed by atoms with Crippen molar-refractivity contribution < 1.29 is 9.53 Å². The van der Waals surface area contributed by atoms with E-state index in [9.17, 15) is 4.79 Å². The fraction of sp³-hybridized carbons (Fsp3) is 0.111.